The largest absolute Gasteiger partial charge is 0.336 e. The lowest BCUT2D eigenvalue weighted by molar-refractivity contribution is 0.0730. The number of halogens is 3. The second-order valence-electron chi connectivity index (χ2n) is 4.75. The van der Waals surface area contributed by atoms with E-state index in [4.69, 9.17) is 23.2 Å². The van der Waals surface area contributed by atoms with Crippen LogP contribution in [-0.2, 0) is 0 Å². The molecule has 1 heterocycles. The second kappa shape index (κ2) is 6.96. The number of hydrogen-bond donors (Lipinski definition) is 0. The van der Waals surface area contributed by atoms with Crippen molar-refractivity contribution in [3.63, 3.8) is 0 Å². The Morgan fingerprint density at radius 1 is 1.47 bits per heavy atom. The molecule has 0 spiro atoms. The molecule has 1 aromatic carbocycles. The molecule has 1 saturated heterocycles. The molecule has 1 aliphatic heterocycles. The van der Waals surface area contributed by atoms with Gasteiger partial charge in [-0.3, -0.25) is 4.79 Å². The van der Waals surface area contributed by atoms with Gasteiger partial charge in [0, 0.05) is 28.5 Å². The van der Waals surface area contributed by atoms with E-state index >= 15 is 0 Å². The lowest BCUT2D eigenvalue weighted by Gasteiger charge is -2.24. The molecule has 19 heavy (non-hydrogen) atoms. The topological polar surface area (TPSA) is 20.3 Å². The first-order valence-electron chi connectivity index (χ1n) is 6.45. The maximum absolute atomic E-state index is 12.5. The number of rotatable bonds is 4. The van der Waals surface area contributed by atoms with Crippen molar-refractivity contribution in [2.75, 3.05) is 12.4 Å². The third-order valence-electron chi connectivity index (χ3n) is 3.48. The normalized spacial score (nSPS) is 18.9. The van der Waals surface area contributed by atoms with Crippen molar-refractivity contribution in [2.24, 2.45) is 0 Å². The van der Waals surface area contributed by atoms with Crippen molar-refractivity contribution in [3.8, 4) is 0 Å². The van der Waals surface area contributed by atoms with Crippen molar-refractivity contribution in [3.05, 3.63) is 33.3 Å². The molecule has 0 saturated carbocycles. The van der Waals surface area contributed by atoms with Crippen LogP contribution in [0.3, 0.4) is 0 Å². The van der Waals surface area contributed by atoms with Gasteiger partial charge in [0.15, 0.2) is 0 Å². The monoisotopic (exact) mass is 363 g/mol. The molecule has 0 aromatic heterocycles. The maximum Gasteiger partial charge on any atom is 0.254 e. The fourth-order valence-corrected chi connectivity index (χ4v) is 3.16. The summed E-state index contributed by atoms with van der Waals surface area (Å²) >= 11 is 15.1. The minimum atomic E-state index is 0.0921. The van der Waals surface area contributed by atoms with E-state index < -0.39 is 0 Å². The van der Waals surface area contributed by atoms with Crippen LogP contribution in [0, 0.1) is 0 Å². The Morgan fingerprint density at radius 2 is 2.26 bits per heavy atom. The van der Waals surface area contributed by atoms with E-state index in [9.17, 15) is 4.79 Å². The zero-order valence-electron chi connectivity index (χ0n) is 10.5. The first kappa shape index (κ1) is 15.1. The molecular weight excluding hydrogens is 349 g/mol. The highest BCUT2D eigenvalue weighted by Crippen LogP contribution is 2.27. The van der Waals surface area contributed by atoms with Crippen LogP contribution in [0.1, 0.15) is 36.0 Å². The SMILES string of the molecule is O=C(c1ccc(Cl)c(Br)c1)N1CCCC1CCCCl. The van der Waals surface area contributed by atoms with Gasteiger partial charge in [-0.05, 0) is 59.8 Å². The van der Waals surface area contributed by atoms with Crippen molar-refractivity contribution >= 4 is 45.0 Å². The van der Waals surface area contributed by atoms with Crippen LogP contribution in [-0.4, -0.2) is 29.3 Å². The van der Waals surface area contributed by atoms with Gasteiger partial charge in [0.1, 0.15) is 0 Å². The van der Waals surface area contributed by atoms with Crippen molar-refractivity contribution in [1.82, 2.24) is 4.90 Å². The molecule has 0 radical (unpaired) electrons. The number of carbonyl (C=O) groups excluding carboxylic acids is 1. The smallest absolute Gasteiger partial charge is 0.254 e. The van der Waals surface area contributed by atoms with Gasteiger partial charge in [0.2, 0.25) is 0 Å². The van der Waals surface area contributed by atoms with Gasteiger partial charge >= 0.3 is 0 Å². The number of likely N-dealkylation sites (tertiary alicyclic amines) is 1. The summed E-state index contributed by atoms with van der Waals surface area (Å²) in [5.74, 6) is 0.750. The highest BCUT2D eigenvalue weighted by molar-refractivity contribution is 9.10. The summed E-state index contributed by atoms with van der Waals surface area (Å²) in [7, 11) is 0. The Balaban J connectivity index is 2.11. The van der Waals surface area contributed by atoms with E-state index in [1.807, 2.05) is 4.90 Å². The lowest BCUT2D eigenvalue weighted by Crippen LogP contribution is -2.35. The molecule has 0 aliphatic carbocycles. The zero-order valence-corrected chi connectivity index (χ0v) is 13.6. The summed E-state index contributed by atoms with van der Waals surface area (Å²) in [5, 5.41) is 0.622. The molecule has 1 aromatic rings. The van der Waals surface area contributed by atoms with Crippen LogP contribution in [0.4, 0.5) is 0 Å². The summed E-state index contributed by atoms with van der Waals surface area (Å²) in [6.07, 6.45) is 4.11. The molecule has 104 valence electrons. The standard InChI is InChI=1S/C14H16BrCl2NO/c15-12-9-10(5-6-13(12)17)14(19)18-8-2-4-11(18)3-1-7-16/h5-6,9,11H,1-4,7-8H2. The Hall–Kier alpha value is -0.250. The number of benzene rings is 1. The van der Waals surface area contributed by atoms with E-state index in [0.717, 1.165) is 36.7 Å². The van der Waals surface area contributed by atoms with Crippen LogP contribution in [0.2, 0.25) is 5.02 Å². The van der Waals surface area contributed by atoms with Gasteiger partial charge in [0.05, 0.1) is 5.02 Å². The Labute approximate surface area is 132 Å². The summed E-state index contributed by atoms with van der Waals surface area (Å²) in [6.45, 7) is 0.839. The summed E-state index contributed by atoms with van der Waals surface area (Å²) in [4.78, 5) is 14.5. The molecule has 2 rings (SSSR count). The molecule has 1 amide bonds. The third-order valence-corrected chi connectivity index (χ3v) is 4.96. The van der Waals surface area contributed by atoms with Gasteiger partial charge in [-0.25, -0.2) is 0 Å². The summed E-state index contributed by atoms with van der Waals surface area (Å²) in [5.41, 5.74) is 0.689. The van der Waals surface area contributed by atoms with Gasteiger partial charge in [-0.15, -0.1) is 11.6 Å². The predicted octanol–water partition coefficient (Wildman–Crippen LogP) is 4.73. The van der Waals surface area contributed by atoms with Crippen molar-refractivity contribution < 1.29 is 4.79 Å². The molecular formula is C14H16BrCl2NO. The van der Waals surface area contributed by atoms with Crippen LogP contribution in [0.15, 0.2) is 22.7 Å². The third kappa shape index (κ3) is 3.65. The number of hydrogen-bond acceptors (Lipinski definition) is 1. The molecule has 1 unspecified atom stereocenters. The lowest BCUT2D eigenvalue weighted by atomic mass is 10.1. The van der Waals surface area contributed by atoms with E-state index in [1.165, 1.54) is 0 Å². The average molecular weight is 365 g/mol. The number of carbonyl (C=O) groups is 1. The maximum atomic E-state index is 12.5. The molecule has 1 fully saturated rings. The molecule has 2 nitrogen and oxygen atoms in total. The summed E-state index contributed by atoms with van der Waals surface area (Å²) < 4.78 is 0.761. The van der Waals surface area contributed by atoms with Crippen LogP contribution < -0.4 is 0 Å². The summed E-state index contributed by atoms with van der Waals surface area (Å²) in [6, 6.07) is 5.66. The molecule has 1 atom stereocenters. The molecule has 5 heteroatoms. The van der Waals surface area contributed by atoms with Crippen LogP contribution in [0.5, 0.6) is 0 Å². The highest BCUT2D eigenvalue weighted by atomic mass is 79.9. The predicted molar refractivity (Wildman–Crippen MR) is 83.2 cm³/mol. The quantitative estimate of drug-likeness (QED) is 0.707. The zero-order chi connectivity index (χ0) is 13.8. The van der Waals surface area contributed by atoms with E-state index in [0.29, 0.717) is 22.5 Å². The molecule has 1 aliphatic rings. The van der Waals surface area contributed by atoms with Gasteiger partial charge in [-0.2, -0.15) is 0 Å². The van der Waals surface area contributed by atoms with E-state index in [-0.39, 0.29) is 5.91 Å². The number of amides is 1. The minimum Gasteiger partial charge on any atom is -0.336 e. The minimum absolute atomic E-state index is 0.0921. The average Bonchev–Trinajstić information content (AvgIpc) is 2.87. The van der Waals surface area contributed by atoms with Crippen LogP contribution in [0.25, 0.3) is 0 Å². The first-order chi connectivity index (χ1) is 9.13. The fraction of sp³-hybridized carbons (Fsp3) is 0.500. The fourth-order valence-electron chi connectivity index (χ4n) is 2.51. The molecule has 0 N–H and O–H groups in total. The van der Waals surface area contributed by atoms with E-state index in [1.54, 1.807) is 18.2 Å². The Morgan fingerprint density at radius 3 is 2.95 bits per heavy atom. The Bertz CT molecular complexity index is 467. The number of alkyl halides is 1. The first-order valence-corrected chi connectivity index (χ1v) is 8.16. The highest BCUT2D eigenvalue weighted by Gasteiger charge is 2.28. The van der Waals surface area contributed by atoms with Gasteiger partial charge < -0.3 is 4.90 Å². The molecule has 0 bridgehead atoms. The van der Waals surface area contributed by atoms with Crippen molar-refractivity contribution in [2.45, 2.75) is 31.7 Å². The van der Waals surface area contributed by atoms with Gasteiger partial charge in [-0.1, -0.05) is 11.6 Å². The van der Waals surface area contributed by atoms with Crippen LogP contribution >= 0.6 is 39.1 Å². The second-order valence-corrected chi connectivity index (χ2v) is 6.39. The van der Waals surface area contributed by atoms with Gasteiger partial charge in [0.25, 0.3) is 5.91 Å². The van der Waals surface area contributed by atoms with Crippen molar-refractivity contribution in [1.29, 1.82) is 0 Å². The van der Waals surface area contributed by atoms with E-state index in [2.05, 4.69) is 15.9 Å². The number of nitrogens with zero attached hydrogens (tertiary/aromatic N) is 1. The Kier molecular flexibility index (Phi) is 5.55.